The van der Waals surface area contributed by atoms with E-state index in [1.807, 2.05) is 26.0 Å². The van der Waals surface area contributed by atoms with Crippen molar-refractivity contribution in [3.63, 3.8) is 0 Å². The minimum Gasteiger partial charge on any atom is -0.352 e. The summed E-state index contributed by atoms with van der Waals surface area (Å²) in [7, 11) is -3.55. The second-order valence-corrected chi connectivity index (χ2v) is 11.9. The van der Waals surface area contributed by atoms with Gasteiger partial charge in [0.2, 0.25) is 21.8 Å². The third-order valence-corrected chi connectivity index (χ3v) is 8.26. The van der Waals surface area contributed by atoms with Gasteiger partial charge in [0.25, 0.3) is 0 Å². The number of anilines is 1. The van der Waals surface area contributed by atoms with Gasteiger partial charge in [-0.3, -0.25) is 13.9 Å². The zero-order valence-corrected chi connectivity index (χ0v) is 23.0. The molecule has 0 saturated heterocycles. The molecule has 2 aromatic rings. The Morgan fingerprint density at radius 2 is 1.70 bits per heavy atom. The van der Waals surface area contributed by atoms with Crippen LogP contribution in [0.4, 0.5) is 10.1 Å². The number of amides is 2. The van der Waals surface area contributed by atoms with Crippen LogP contribution in [-0.2, 0) is 26.2 Å². The van der Waals surface area contributed by atoms with E-state index in [0.717, 1.165) is 43.1 Å². The largest absolute Gasteiger partial charge is 0.352 e. The van der Waals surface area contributed by atoms with E-state index in [4.69, 9.17) is 0 Å². The number of nitrogens with one attached hydrogen (secondary N) is 1. The lowest BCUT2D eigenvalue weighted by Gasteiger charge is -2.30. The maximum Gasteiger partial charge on any atom is 0.242 e. The van der Waals surface area contributed by atoms with Crippen molar-refractivity contribution < 1.29 is 22.4 Å². The number of benzene rings is 2. The van der Waals surface area contributed by atoms with E-state index in [0.29, 0.717) is 11.3 Å². The Balaban J connectivity index is 1.72. The van der Waals surface area contributed by atoms with Crippen molar-refractivity contribution >= 4 is 27.5 Å². The molecule has 2 aromatic carbocycles. The number of carbonyl (C=O) groups is 2. The quantitative estimate of drug-likeness (QED) is 0.464. The van der Waals surface area contributed by atoms with Crippen LogP contribution in [0.3, 0.4) is 0 Å². The van der Waals surface area contributed by atoms with Gasteiger partial charge in [0.1, 0.15) is 11.9 Å². The van der Waals surface area contributed by atoms with Crippen LogP contribution < -0.4 is 9.62 Å². The molecule has 37 heavy (non-hydrogen) atoms. The molecule has 0 radical (unpaired) electrons. The highest BCUT2D eigenvalue weighted by molar-refractivity contribution is 7.92. The molecule has 1 fully saturated rings. The molecule has 1 aliphatic rings. The smallest absolute Gasteiger partial charge is 0.242 e. The van der Waals surface area contributed by atoms with Gasteiger partial charge in [-0.15, -0.1) is 0 Å². The molecule has 202 valence electrons. The van der Waals surface area contributed by atoms with E-state index in [9.17, 15) is 22.4 Å². The molecule has 2 amide bonds. The van der Waals surface area contributed by atoms with E-state index in [1.165, 1.54) is 21.3 Å². The Morgan fingerprint density at radius 1 is 1.05 bits per heavy atom. The molecule has 0 bridgehead atoms. The first kappa shape index (κ1) is 28.6. The highest BCUT2D eigenvalue weighted by atomic mass is 32.2. The topological polar surface area (TPSA) is 86.8 Å². The van der Waals surface area contributed by atoms with Gasteiger partial charge in [-0.25, -0.2) is 12.8 Å². The lowest BCUT2D eigenvalue weighted by molar-refractivity contribution is -0.141. The highest BCUT2D eigenvalue weighted by Crippen LogP contribution is 2.23. The molecule has 7 nitrogen and oxygen atoms in total. The van der Waals surface area contributed by atoms with Crippen LogP contribution in [0, 0.1) is 19.7 Å². The Morgan fingerprint density at radius 3 is 2.30 bits per heavy atom. The Hall–Kier alpha value is -2.94. The van der Waals surface area contributed by atoms with Crippen molar-refractivity contribution in [3.8, 4) is 0 Å². The van der Waals surface area contributed by atoms with Gasteiger partial charge in [-0.1, -0.05) is 31.0 Å². The molecule has 1 saturated carbocycles. The van der Waals surface area contributed by atoms with Gasteiger partial charge in [-0.2, -0.15) is 0 Å². The monoisotopic (exact) mass is 531 g/mol. The Labute approximate surface area is 220 Å². The third-order valence-electron chi connectivity index (χ3n) is 7.07. The van der Waals surface area contributed by atoms with Crippen LogP contribution >= 0.6 is 0 Å². The van der Waals surface area contributed by atoms with Gasteiger partial charge in [0.15, 0.2) is 0 Å². The fourth-order valence-electron chi connectivity index (χ4n) is 4.65. The van der Waals surface area contributed by atoms with Gasteiger partial charge >= 0.3 is 0 Å². The number of aryl methyl sites for hydroxylation is 2. The first-order valence-corrected chi connectivity index (χ1v) is 14.7. The van der Waals surface area contributed by atoms with Gasteiger partial charge in [-0.05, 0) is 81.0 Å². The van der Waals surface area contributed by atoms with Crippen molar-refractivity contribution in [3.05, 3.63) is 65.0 Å². The predicted molar refractivity (Wildman–Crippen MR) is 144 cm³/mol. The van der Waals surface area contributed by atoms with Crippen LogP contribution in [0.5, 0.6) is 0 Å². The summed E-state index contributed by atoms with van der Waals surface area (Å²) >= 11 is 0. The SMILES string of the molecule is Cc1ccc(N(CCCC(=O)N(Cc2ccc(F)cc2)C(C)C(=O)NC2CCCC2)S(C)(=O)=O)cc1C. The second kappa shape index (κ2) is 12.5. The summed E-state index contributed by atoms with van der Waals surface area (Å²) in [6.45, 7) is 5.88. The van der Waals surface area contributed by atoms with E-state index in [-0.39, 0.29) is 49.6 Å². The van der Waals surface area contributed by atoms with Crippen LogP contribution in [0.25, 0.3) is 0 Å². The van der Waals surface area contributed by atoms with Crippen molar-refractivity contribution in [1.29, 1.82) is 0 Å². The molecular weight excluding hydrogens is 493 g/mol. The number of rotatable bonds is 11. The molecule has 3 rings (SSSR count). The molecular formula is C28H38FN3O4S. The van der Waals surface area contributed by atoms with E-state index in [1.54, 1.807) is 25.1 Å². The molecule has 0 aliphatic heterocycles. The summed E-state index contributed by atoms with van der Waals surface area (Å²) in [5.74, 6) is -0.844. The minimum atomic E-state index is -3.55. The van der Waals surface area contributed by atoms with Crippen molar-refractivity contribution in [2.75, 3.05) is 17.1 Å². The molecule has 1 N–H and O–H groups in total. The van der Waals surface area contributed by atoms with Gasteiger partial charge in [0.05, 0.1) is 11.9 Å². The average molecular weight is 532 g/mol. The predicted octanol–water partition coefficient (Wildman–Crippen LogP) is 4.46. The molecule has 1 aliphatic carbocycles. The second-order valence-electron chi connectivity index (χ2n) is 10.0. The van der Waals surface area contributed by atoms with Crippen molar-refractivity contribution in [2.24, 2.45) is 0 Å². The van der Waals surface area contributed by atoms with E-state index < -0.39 is 16.1 Å². The number of carbonyl (C=O) groups excluding carboxylic acids is 2. The number of halogens is 1. The molecule has 0 spiro atoms. The molecule has 1 atom stereocenters. The zero-order chi connectivity index (χ0) is 27.2. The maximum absolute atomic E-state index is 13.4. The number of nitrogens with zero attached hydrogens (tertiary/aromatic N) is 2. The summed E-state index contributed by atoms with van der Waals surface area (Å²) in [5.41, 5.74) is 3.32. The Kier molecular flexibility index (Phi) is 9.70. The number of hydrogen-bond donors (Lipinski definition) is 1. The summed E-state index contributed by atoms with van der Waals surface area (Å²) in [4.78, 5) is 27.9. The molecule has 0 aromatic heterocycles. The molecule has 0 heterocycles. The summed E-state index contributed by atoms with van der Waals surface area (Å²) in [6.07, 6.45) is 5.53. The fraction of sp³-hybridized carbons (Fsp3) is 0.500. The lowest BCUT2D eigenvalue weighted by Crippen LogP contribution is -2.49. The van der Waals surface area contributed by atoms with Crippen LogP contribution in [-0.4, -0.2) is 50.0 Å². The van der Waals surface area contributed by atoms with Crippen molar-refractivity contribution in [2.45, 2.75) is 77.9 Å². The maximum atomic E-state index is 13.4. The average Bonchev–Trinajstić information content (AvgIpc) is 3.35. The third kappa shape index (κ3) is 8.02. The van der Waals surface area contributed by atoms with Crippen molar-refractivity contribution in [1.82, 2.24) is 10.2 Å². The summed E-state index contributed by atoms with van der Waals surface area (Å²) in [6, 6.07) is 10.7. The fourth-order valence-corrected chi connectivity index (χ4v) is 5.60. The number of sulfonamides is 1. The van der Waals surface area contributed by atoms with Gasteiger partial charge < -0.3 is 10.2 Å². The summed E-state index contributed by atoms with van der Waals surface area (Å²) in [5, 5.41) is 3.05. The normalized spacial score (nSPS) is 14.8. The number of hydrogen-bond acceptors (Lipinski definition) is 4. The molecule has 9 heteroatoms. The first-order valence-electron chi connectivity index (χ1n) is 12.8. The summed E-state index contributed by atoms with van der Waals surface area (Å²) < 4.78 is 39.8. The molecule has 1 unspecified atom stereocenters. The lowest BCUT2D eigenvalue weighted by atomic mass is 10.1. The standard InChI is InChI=1S/C28H38FN3O4S/c1-20-11-16-26(18-21(20)2)32(37(4,35)36)17-7-10-27(33)31(19-23-12-14-24(29)15-13-23)22(3)28(34)30-25-8-5-6-9-25/h11-16,18,22,25H,5-10,17,19H2,1-4H3,(H,30,34). The van der Waals surface area contributed by atoms with Gasteiger partial charge in [0, 0.05) is 25.6 Å². The Bertz CT molecular complexity index is 1190. The van der Waals surface area contributed by atoms with Crippen LogP contribution in [0.15, 0.2) is 42.5 Å². The first-order chi connectivity index (χ1) is 17.5. The van der Waals surface area contributed by atoms with Crippen LogP contribution in [0.1, 0.15) is 62.1 Å². The van der Waals surface area contributed by atoms with E-state index in [2.05, 4.69) is 5.32 Å². The minimum absolute atomic E-state index is 0.0686. The highest BCUT2D eigenvalue weighted by Gasteiger charge is 2.28. The zero-order valence-electron chi connectivity index (χ0n) is 22.2. The van der Waals surface area contributed by atoms with Crippen LogP contribution in [0.2, 0.25) is 0 Å². The van der Waals surface area contributed by atoms with E-state index >= 15 is 0 Å².